The number of hydrogen-bond donors (Lipinski definition) is 2. The molecule has 0 heterocycles. The maximum Gasteiger partial charge on any atom is 0.0897 e. The molecule has 0 bridgehead atoms. The molecule has 2 N–H and O–H groups in total. The largest absolute Gasteiger partial charge is 0.389 e. The van der Waals surface area contributed by atoms with Gasteiger partial charge in [0.1, 0.15) is 0 Å². The van der Waals surface area contributed by atoms with Gasteiger partial charge in [-0.15, -0.1) is 0 Å². The number of hydrogen-bond acceptors (Lipinski definition) is 4. The number of nitrogens with zero attached hydrogens (tertiary/aromatic N) is 1. The molecule has 0 aromatic rings. The van der Waals surface area contributed by atoms with E-state index in [1.807, 2.05) is 21.0 Å². The Morgan fingerprint density at radius 3 is 2.69 bits per heavy atom. The first-order valence-electron chi connectivity index (χ1n) is 4.78. The Kier molecular flexibility index (Phi) is 8.33. The molecule has 0 spiro atoms. The lowest BCUT2D eigenvalue weighted by molar-refractivity contribution is 0.0428. The second-order valence-electron chi connectivity index (χ2n) is 3.32. The van der Waals surface area contributed by atoms with E-state index in [1.54, 1.807) is 0 Å². The van der Waals surface area contributed by atoms with Gasteiger partial charge >= 0.3 is 0 Å². The minimum Gasteiger partial charge on any atom is -0.389 e. The molecule has 4 heteroatoms. The molecule has 0 aliphatic rings. The van der Waals surface area contributed by atoms with Gasteiger partial charge in [-0.2, -0.15) is 0 Å². The van der Waals surface area contributed by atoms with Crippen molar-refractivity contribution in [2.24, 2.45) is 0 Å². The van der Waals surface area contributed by atoms with E-state index in [4.69, 9.17) is 4.74 Å². The fraction of sp³-hybridized carbons (Fsp3) is 1.00. The number of aliphatic hydroxyl groups excluding tert-OH is 1. The van der Waals surface area contributed by atoms with E-state index in [0.717, 1.165) is 13.1 Å². The monoisotopic (exact) mass is 190 g/mol. The Balaban J connectivity index is 3.12. The third-order valence-electron chi connectivity index (χ3n) is 1.63. The van der Waals surface area contributed by atoms with E-state index >= 15 is 0 Å². The Hall–Kier alpha value is -0.160. The molecular weight excluding hydrogens is 168 g/mol. The summed E-state index contributed by atoms with van der Waals surface area (Å²) in [5.41, 5.74) is 0. The van der Waals surface area contributed by atoms with E-state index in [1.165, 1.54) is 0 Å². The molecule has 0 fully saturated rings. The van der Waals surface area contributed by atoms with Gasteiger partial charge < -0.3 is 20.1 Å². The number of aliphatic hydroxyl groups is 1. The maximum absolute atomic E-state index is 9.34. The van der Waals surface area contributed by atoms with Gasteiger partial charge in [0.2, 0.25) is 0 Å². The van der Waals surface area contributed by atoms with Gasteiger partial charge in [-0.3, -0.25) is 0 Å². The average Bonchev–Trinajstić information content (AvgIpc) is 2.08. The summed E-state index contributed by atoms with van der Waals surface area (Å²) in [4.78, 5) is 2.10. The van der Waals surface area contributed by atoms with Gasteiger partial charge in [0, 0.05) is 26.2 Å². The minimum absolute atomic E-state index is 0.387. The van der Waals surface area contributed by atoms with Crippen LogP contribution in [0.5, 0.6) is 0 Å². The fourth-order valence-corrected chi connectivity index (χ4v) is 0.884. The highest BCUT2D eigenvalue weighted by molar-refractivity contribution is 4.58. The molecule has 4 nitrogen and oxygen atoms in total. The van der Waals surface area contributed by atoms with Crippen LogP contribution in [0.2, 0.25) is 0 Å². The highest BCUT2D eigenvalue weighted by Gasteiger charge is 2.02. The van der Waals surface area contributed by atoms with Crippen LogP contribution >= 0.6 is 0 Å². The summed E-state index contributed by atoms with van der Waals surface area (Å²) in [7, 11) is 4.05. The van der Waals surface area contributed by atoms with Crippen LogP contribution < -0.4 is 5.32 Å². The zero-order valence-corrected chi connectivity index (χ0v) is 8.92. The van der Waals surface area contributed by atoms with Gasteiger partial charge in [0.25, 0.3) is 0 Å². The van der Waals surface area contributed by atoms with Crippen LogP contribution in [-0.2, 0) is 4.74 Å². The summed E-state index contributed by atoms with van der Waals surface area (Å²) in [5, 5.41) is 12.5. The van der Waals surface area contributed by atoms with Crippen LogP contribution in [0.3, 0.4) is 0 Å². The van der Waals surface area contributed by atoms with Crippen LogP contribution in [0.1, 0.15) is 6.92 Å². The number of ether oxygens (including phenoxy) is 1. The van der Waals surface area contributed by atoms with Crippen molar-refractivity contribution in [2.45, 2.75) is 13.0 Å². The number of likely N-dealkylation sites (N-methyl/N-ethyl adjacent to an activating group) is 1. The van der Waals surface area contributed by atoms with Crippen LogP contribution in [0.15, 0.2) is 0 Å². The molecule has 0 rings (SSSR count). The van der Waals surface area contributed by atoms with E-state index < -0.39 is 0 Å². The topological polar surface area (TPSA) is 44.7 Å². The van der Waals surface area contributed by atoms with Crippen LogP contribution in [0.4, 0.5) is 0 Å². The van der Waals surface area contributed by atoms with Crippen molar-refractivity contribution in [1.82, 2.24) is 10.2 Å². The molecule has 0 aromatic heterocycles. The van der Waals surface area contributed by atoms with Gasteiger partial charge in [0.05, 0.1) is 12.7 Å². The highest BCUT2D eigenvalue weighted by atomic mass is 16.5. The lowest BCUT2D eigenvalue weighted by atomic mass is 10.4. The van der Waals surface area contributed by atoms with Crippen molar-refractivity contribution in [2.75, 3.05) is 46.9 Å². The van der Waals surface area contributed by atoms with Crippen molar-refractivity contribution in [3.63, 3.8) is 0 Å². The molecule has 13 heavy (non-hydrogen) atoms. The first kappa shape index (κ1) is 12.8. The summed E-state index contributed by atoms with van der Waals surface area (Å²) in [6.45, 7) is 5.50. The summed E-state index contributed by atoms with van der Waals surface area (Å²) < 4.78 is 5.07. The summed E-state index contributed by atoms with van der Waals surface area (Å²) >= 11 is 0. The first-order valence-corrected chi connectivity index (χ1v) is 4.78. The third kappa shape index (κ3) is 9.76. The molecule has 0 radical (unpaired) electrons. The van der Waals surface area contributed by atoms with Crippen molar-refractivity contribution in [3.8, 4) is 0 Å². The number of rotatable bonds is 8. The molecule has 1 atom stereocenters. The van der Waals surface area contributed by atoms with Crippen molar-refractivity contribution >= 4 is 0 Å². The normalized spacial score (nSPS) is 13.6. The molecule has 80 valence electrons. The maximum atomic E-state index is 9.34. The SMILES string of the molecule is CCOCC(O)CNCCN(C)C. The second-order valence-corrected chi connectivity index (χ2v) is 3.32. The van der Waals surface area contributed by atoms with Crippen molar-refractivity contribution in [3.05, 3.63) is 0 Å². The van der Waals surface area contributed by atoms with Crippen LogP contribution in [-0.4, -0.2) is 63.1 Å². The predicted molar refractivity (Wildman–Crippen MR) is 53.9 cm³/mol. The van der Waals surface area contributed by atoms with Gasteiger partial charge in [-0.1, -0.05) is 0 Å². The zero-order chi connectivity index (χ0) is 10.1. The third-order valence-corrected chi connectivity index (χ3v) is 1.63. The summed E-state index contributed by atoms with van der Waals surface area (Å²) in [6, 6.07) is 0. The van der Waals surface area contributed by atoms with Crippen molar-refractivity contribution < 1.29 is 9.84 Å². The Morgan fingerprint density at radius 1 is 1.46 bits per heavy atom. The predicted octanol–water partition coefficient (Wildman–Crippen LogP) is -0.465. The molecule has 0 aromatic carbocycles. The van der Waals surface area contributed by atoms with Crippen LogP contribution in [0, 0.1) is 0 Å². The van der Waals surface area contributed by atoms with E-state index in [2.05, 4.69) is 10.2 Å². The average molecular weight is 190 g/mol. The molecule has 0 amide bonds. The van der Waals surface area contributed by atoms with E-state index in [-0.39, 0.29) is 6.10 Å². The summed E-state index contributed by atoms with van der Waals surface area (Å²) in [5.74, 6) is 0. The summed E-state index contributed by atoms with van der Waals surface area (Å²) in [6.07, 6.45) is -0.387. The molecule has 0 saturated carbocycles. The van der Waals surface area contributed by atoms with Crippen LogP contribution in [0.25, 0.3) is 0 Å². The zero-order valence-electron chi connectivity index (χ0n) is 8.92. The number of nitrogens with one attached hydrogen (secondary N) is 1. The van der Waals surface area contributed by atoms with Crippen molar-refractivity contribution in [1.29, 1.82) is 0 Å². The lowest BCUT2D eigenvalue weighted by Gasteiger charge is -2.13. The molecule has 0 aliphatic carbocycles. The Bertz CT molecular complexity index is 110. The second kappa shape index (κ2) is 8.44. The highest BCUT2D eigenvalue weighted by Crippen LogP contribution is 1.83. The molecule has 1 unspecified atom stereocenters. The van der Waals surface area contributed by atoms with Gasteiger partial charge in [-0.05, 0) is 21.0 Å². The molecule has 0 saturated heterocycles. The molecular formula is C9H22N2O2. The smallest absolute Gasteiger partial charge is 0.0897 e. The van der Waals surface area contributed by atoms with Gasteiger partial charge in [0.15, 0.2) is 0 Å². The Labute approximate surface area is 80.9 Å². The standard InChI is InChI=1S/C9H22N2O2/c1-4-13-8-9(12)7-10-5-6-11(2)3/h9-10,12H,4-8H2,1-3H3. The molecule has 0 aliphatic heterocycles. The Morgan fingerprint density at radius 2 is 2.15 bits per heavy atom. The lowest BCUT2D eigenvalue weighted by Crippen LogP contribution is -2.34. The quantitative estimate of drug-likeness (QED) is 0.508. The first-order chi connectivity index (χ1) is 6.16. The van der Waals surface area contributed by atoms with E-state index in [0.29, 0.717) is 19.8 Å². The van der Waals surface area contributed by atoms with E-state index in [9.17, 15) is 5.11 Å². The van der Waals surface area contributed by atoms with Gasteiger partial charge in [-0.25, -0.2) is 0 Å². The minimum atomic E-state index is -0.387. The fourth-order valence-electron chi connectivity index (χ4n) is 0.884.